The molecule has 0 aliphatic heterocycles. The van der Waals surface area contributed by atoms with Crippen molar-refractivity contribution in [1.82, 2.24) is 4.98 Å². The number of allylic oxidation sites excluding steroid dienone is 1. The van der Waals surface area contributed by atoms with E-state index in [-0.39, 0.29) is 5.82 Å². The predicted octanol–water partition coefficient (Wildman–Crippen LogP) is 4.98. The monoisotopic (exact) mass is 289 g/mol. The Morgan fingerprint density at radius 3 is 2.68 bits per heavy atom. The first-order valence-electron chi connectivity index (χ1n) is 7.50. The molecule has 1 heterocycles. The molecule has 1 aromatic heterocycles. The molecular formula is C20H16FN. The molecular weight excluding hydrogens is 273 g/mol. The van der Waals surface area contributed by atoms with Crippen LogP contribution in [0.4, 0.5) is 4.39 Å². The van der Waals surface area contributed by atoms with Crippen LogP contribution in [0.5, 0.6) is 0 Å². The molecule has 0 saturated carbocycles. The molecule has 0 saturated heterocycles. The Bertz CT molecular complexity index is 938. The minimum Gasteiger partial charge on any atom is -0.248 e. The number of benzene rings is 2. The summed E-state index contributed by atoms with van der Waals surface area (Å²) >= 11 is 0. The average molecular weight is 289 g/mol. The van der Waals surface area contributed by atoms with Gasteiger partial charge < -0.3 is 0 Å². The van der Waals surface area contributed by atoms with Gasteiger partial charge in [-0.15, -0.1) is 0 Å². The van der Waals surface area contributed by atoms with Crippen molar-refractivity contribution in [1.29, 1.82) is 0 Å². The summed E-state index contributed by atoms with van der Waals surface area (Å²) in [6.45, 7) is 4.28. The molecule has 1 aliphatic rings. The third-order valence-electron chi connectivity index (χ3n) is 4.49. The van der Waals surface area contributed by atoms with Gasteiger partial charge in [-0.05, 0) is 66.8 Å². The molecule has 0 radical (unpaired) electrons. The van der Waals surface area contributed by atoms with E-state index in [2.05, 4.69) is 37.0 Å². The summed E-state index contributed by atoms with van der Waals surface area (Å²) in [5.41, 5.74) is 7.99. The molecule has 0 spiro atoms. The first kappa shape index (κ1) is 13.2. The van der Waals surface area contributed by atoms with Gasteiger partial charge in [0, 0.05) is 11.0 Å². The van der Waals surface area contributed by atoms with Gasteiger partial charge in [-0.25, -0.2) is 9.37 Å². The number of nitrogens with zero attached hydrogens (tertiary/aromatic N) is 1. The molecule has 0 bridgehead atoms. The van der Waals surface area contributed by atoms with Gasteiger partial charge >= 0.3 is 0 Å². The van der Waals surface area contributed by atoms with Crippen LogP contribution in [0.2, 0.25) is 0 Å². The van der Waals surface area contributed by atoms with E-state index in [0.717, 1.165) is 17.7 Å². The smallest absolute Gasteiger partial charge is 0.132 e. The van der Waals surface area contributed by atoms with E-state index in [4.69, 9.17) is 0 Å². The zero-order valence-electron chi connectivity index (χ0n) is 12.7. The van der Waals surface area contributed by atoms with Gasteiger partial charge in [0.15, 0.2) is 0 Å². The molecule has 22 heavy (non-hydrogen) atoms. The highest BCUT2D eigenvalue weighted by atomic mass is 19.1. The van der Waals surface area contributed by atoms with E-state index in [9.17, 15) is 4.39 Å². The van der Waals surface area contributed by atoms with Crippen LogP contribution >= 0.6 is 0 Å². The lowest BCUT2D eigenvalue weighted by atomic mass is 9.97. The summed E-state index contributed by atoms with van der Waals surface area (Å²) in [5.74, 6) is -0.219. The summed E-state index contributed by atoms with van der Waals surface area (Å²) in [6, 6.07) is 13.3. The normalized spacial score (nSPS) is 13.3. The Balaban J connectivity index is 1.87. The highest BCUT2D eigenvalue weighted by Crippen LogP contribution is 2.34. The van der Waals surface area contributed by atoms with Crippen LogP contribution < -0.4 is 0 Å². The average Bonchev–Trinajstić information content (AvgIpc) is 2.90. The fourth-order valence-corrected chi connectivity index (χ4v) is 3.13. The number of fused-ring (bicyclic) bond motifs is 2. The SMILES string of the molecule is Cc1cc2c(cc1C)C(c1ccc3c(F)cccc3n1)=CC2. The van der Waals surface area contributed by atoms with E-state index < -0.39 is 0 Å². The highest BCUT2D eigenvalue weighted by molar-refractivity contribution is 5.87. The van der Waals surface area contributed by atoms with Crippen LogP contribution in [-0.2, 0) is 6.42 Å². The van der Waals surface area contributed by atoms with Gasteiger partial charge in [0.1, 0.15) is 5.82 Å². The maximum atomic E-state index is 13.8. The van der Waals surface area contributed by atoms with Crippen LogP contribution in [0.3, 0.4) is 0 Å². The summed E-state index contributed by atoms with van der Waals surface area (Å²) in [4.78, 5) is 4.66. The van der Waals surface area contributed by atoms with E-state index >= 15 is 0 Å². The lowest BCUT2D eigenvalue weighted by Crippen LogP contribution is -1.94. The second kappa shape index (κ2) is 4.77. The van der Waals surface area contributed by atoms with Crippen LogP contribution in [0.1, 0.15) is 27.9 Å². The summed E-state index contributed by atoms with van der Waals surface area (Å²) in [7, 11) is 0. The minimum absolute atomic E-state index is 0.219. The highest BCUT2D eigenvalue weighted by Gasteiger charge is 2.18. The van der Waals surface area contributed by atoms with Crippen LogP contribution in [0.25, 0.3) is 16.5 Å². The van der Waals surface area contributed by atoms with E-state index in [1.165, 1.54) is 28.3 Å². The second-order valence-electron chi connectivity index (χ2n) is 5.92. The molecule has 2 aromatic carbocycles. The Morgan fingerprint density at radius 1 is 1.00 bits per heavy atom. The number of pyridine rings is 1. The Hall–Kier alpha value is -2.48. The quantitative estimate of drug-likeness (QED) is 0.615. The molecule has 108 valence electrons. The van der Waals surface area contributed by atoms with Gasteiger partial charge in [0.05, 0.1) is 11.2 Å². The van der Waals surface area contributed by atoms with Gasteiger partial charge in [-0.2, -0.15) is 0 Å². The van der Waals surface area contributed by atoms with E-state index in [1.54, 1.807) is 6.07 Å². The van der Waals surface area contributed by atoms with Crippen LogP contribution in [-0.4, -0.2) is 4.98 Å². The summed E-state index contributed by atoms with van der Waals surface area (Å²) < 4.78 is 13.8. The molecule has 1 nitrogen and oxygen atoms in total. The van der Waals surface area contributed by atoms with Crippen molar-refractivity contribution >= 4 is 16.5 Å². The number of aryl methyl sites for hydroxylation is 2. The first-order chi connectivity index (χ1) is 10.6. The zero-order chi connectivity index (χ0) is 15.3. The molecule has 0 N–H and O–H groups in total. The lowest BCUT2D eigenvalue weighted by Gasteiger charge is -2.10. The van der Waals surface area contributed by atoms with E-state index in [1.807, 2.05) is 18.2 Å². The zero-order valence-corrected chi connectivity index (χ0v) is 12.7. The third kappa shape index (κ3) is 1.95. The van der Waals surface area contributed by atoms with Gasteiger partial charge in [-0.1, -0.05) is 24.3 Å². The number of halogens is 1. The summed E-state index contributed by atoms with van der Waals surface area (Å²) in [5, 5.41) is 0.574. The molecule has 0 unspecified atom stereocenters. The first-order valence-corrected chi connectivity index (χ1v) is 7.50. The fourth-order valence-electron chi connectivity index (χ4n) is 3.13. The Kier molecular flexibility index (Phi) is 2.86. The van der Waals surface area contributed by atoms with Gasteiger partial charge in [0.2, 0.25) is 0 Å². The molecule has 0 atom stereocenters. The van der Waals surface area contributed by atoms with Crippen molar-refractivity contribution in [3.8, 4) is 0 Å². The third-order valence-corrected chi connectivity index (χ3v) is 4.49. The second-order valence-corrected chi connectivity index (χ2v) is 5.92. The van der Waals surface area contributed by atoms with Crippen molar-refractivity contribution in [2.75, 3.05) is 0 Å². The number of rotatable bonds is 1. The molecule has 1 aliphatic carbocycles. The van der Waals surface area contributed by atoms with Crippen LogP contribution in [0.15, 0.2) is 48.5 Å². The largest absolute Gasteiger partial charge is 0.248 e. The Labute approximate surface area is 129 Å². The van der Waals surface area contributed by atoms with Crippen molar-refractivity contribution < 1.29 is 4.39 Å². The van der Waals surface area contributed by atoms with Gasteiger partial charge in [0.25, 0.3) is 0 Å². The number of aromatic nitrogens is 1. The van der Waals surface area contributed by atoms with Crippen LogP contribution in [0, 0.1) is 19.7 Å². The molecule has 4 rings (SSSR count). The fraction of sp³-hybridized carbons (Fsp3) is 0.150. The topological polar surface area (TPSA) is 12.9 Å². The van der Waals surface area contributed by atoms with Crippen molar-refractivity contribution in [3.05, 3.63) is 82.3 Å². The maximum Gasteiger partial charge on any atom is 0.132 e. The lowest BCUT2D eigenvalue weighted by molar-refractivity contribution is 0.639. The molecule has 2 heteroatoms. The Morgan fingerprint density at radius 2 is 1.82 bits per heavy atom. The van der Waals surface area contributed by atoms with Crippen molar-refractivity contribution in [2.24, 2.45) is 0 Å². The molecule has 0 fully saturated rings. The van der Waals surface area contributed by atoms with E-state index in [0.29, 0.717) is 10.9 Å². The number of hydrogen-bond donors (Lipinski definition) is 0. The van der Waals surface area contributed by atoms with Gasteiger partial charge in [-0.3, -0.25) is 0 Å². The maximum absolute atomic E-state index is 13.8. The number of hydrogen-bond acceptors (Lipinski definition) is 1. The minimum atomic E-state index is -0.219. The molecule has 3 aromatic rings. The van der Waals surface area contributed by atoms with Crippen molar-refractivity contribution in [2.45, 2.75) is 20.3 Å². The standard InChI is InChI=1S/C20H16FN/c1-12-10-14-6-7-15(17(14)11-13(12)2)20-9-8-16-18(21)4-3-5-19(16)22-20/h3-5,7-11H,6H2,1-2H3. The van der Waals surface area contributed by atoms with Crippen molar-refractivity contribution in [3.63, 3.8) is 0 Å². The summed E-state index contributed by atoms with van der Waals surface area (Å²) in [6.07, 6.45) is 3.16. The predicted molar refractivity (Wildman–Crippen MR) is 88.4 cm³/mol. The molecule has 0 amide bonds.